The van der Waals surface area contributed by atoms with E-state index < -0.39 is 18.5 Å². The summed E-state index contributed by atoms with van der Waals surface area (Å²) in [6, 6.07) is 11.1. The van der Waals surface area contributed by atoms with Crippen LogP contribution in [0.3, 0.4) is 0 Å². The third kappa shape index (κ3) is 5.22. The Morgan fingerprint density at radius 2 is 1.81 bits per heavy atom. The number of methoxy groups -OCH3 is 1. The van der Waals surface area contributed by atoms with Crippen LogP contribution >= 0.6 is 11.6 Å². The Morgan fingerprint density at radius 1 is 1.08 bits per heavy atom. The average molecular weight is 377 g/mol. The number of carbonyl (C=O) groups excluding carboxylic acids is 3. The number of halogens is 1. The molecule has 0 heterocycles. The standard InChI is InChI=1S/C18H17ClN2O5/c1-11(22)20-12-7-8-16(25-2)15(9-12)21-17(23)10-26-18(24)13-5-3-4-6-14(13)19/h3-9H,10H2,1-2H3,(H,20,22)(H,21,23). The second-order valence-corrected chi connectivity index (χ2v) is 5.61. The van der Waals surface area contributed by atoms with Gasteiger partial charge in [-0.2, -0.15) is 0 Å². The van der Waals surface area contributed by atoms with E-state index in [0.29, 0.717) is 17.1 Å². The lowest BCUT2D eigenvalue weighted by Gasteiger charge is -2.12. The topological polar surface area (TPSA) is 93.7 Å². The van der Waals surface area contributed by atoms with E-state index in [1.54, 1.807) is 30.3 Å². The molecule has 0 aliphatic rings. The minimum absolute atomic E-state index is 0.173. The molecule has 2 N–H and O–H groups in total. The molecule has 2 aromatic rings. The highest BCUT2D eigenvalue weighted by Gasteiger charge is 2.14. The third-order valence-corrected chi connectivity index (χ3v) is 3.55. The van der Waals surface area contributed by atoms with Gasteiger partial charge in [0.15, 0.2) is 6.61 Å². The summed E-state index contributed by atoms with van der Waals surface area (Å²) in [5, 5.41) is 5.41. The quantitative estimate of drug-likeness (QED) is 0.755. The first-order valence-electron chi connectivity index (χ1n) is 7.58. The van der Waals surface area contributed by atoms with E-state index in [-0.39, 0.29) is 16.5 Å². The van der Waals surface area contributed by atoms with Gasteiger partial charge < -0.3 is 20.1 Å². The number of rotatable bonds is 6. The van der Waals surface area contributed by atoms with Crippen LogP contribution in [-0.2, 0) is 14.3 Å². The summed E-state index contributed by atoms with van der Waals surface area (Å²) in [6.07, 6.45) is 0. The molecule has 2 aromatic carbocycles. The minimum Gasteiger partial charge on any atom is -0.495 e. The van der Waals surface area contributed by atoms with Crippen LogP contribution in [0.1, 0.15) is 17.3 Å². The zero-order valence-corrected chi connectivity index (χ0v) is 14.9. The number of anilines is 2. The molecule has 0 radical (unpaired) electrons. The number of esters is 1. The lowest BCUT2D eigenvalue weighted by Crippen LogP contribution is -2.21. The van der Waals surface area contributed by atoms with Crippen molar-refractivity contribution < 1.29 is 23.9 Å². The largest absolute Gasteiger partial charge is 0.495 e. The van der Waals surface area contributed by atoms with Crippen molar-refractivity contribution >= 4 is 40.8 Å². The van der Waals surface area contributed by atoms with E-state index >= 15 is 0 Å². The second-order valence-electron chi connectivity index (χ2n) is 5.20. The predicted octanol–water partition coefficient (Wildman–Crippen LogP) is 3.10. The lowest BCUT2D eigenvalue weighted by molar-refractivity contribution is -0.119. The molecular formula is C18H17ClN2O5. The van der Waals surface area contributed by atoms with Gasteiger partial charge in [0.2, 0.25) is 5.91 Å². The number of benzene rings is 2. The molecule has 7 nitrogen and oxygen atoms in total. The van der Waals surface area contributed by atoms with Gasteiger partial charge in [-0.25, -0.2) is 4.79 Å². The Balaban J connectivity index is 2.02. The molecule has 26 heavy (non-hydrogen) atoms. The highest BCUT2D eigenvalue weighted by molar-refractivity contribution is 6.33. The van der Waals surface area contributed by atoms with Crippen molar-refractivity contribution in [2.75, 3.05) is 24.4 Å². The van der Waals surface area contributed by atoms with Crippen LogP contribution in [0, 0.1) is 0 Å². The van der Waals surface area contributed by atoms with E-state index in [2.05, 4.69) is 10.6 Å². The summed E-state index contributed by atoms with van der Waals surface area (Å²) < 4.78 is 10.1. The van der Waals surface area contributed by atoms with Crippen LogP contribution in [0.5, 0.6) is 5.75 Å². The minimum atomic E-state index is -0.704. The van der Waals surface area contributed by atoms with E-state index in [1.807, 2.05) is 0 Å². The first kappa shape index (κ1) is 19.3. The Morgan fingerprint density at radius 3 is 2.46 bits per heavy atom. The van der Waals surface area contributed by atoms with Gasteiger partial charge in [-0.05, 0) is 30.3 Å². The highest BCUT2D eigenvalue weighted by atomic mass is 35.5. The van der Waals surface area contributed by atoms with Gasteiger partial charge in [0.05, 0.1) is 23.4 Å². The van der Waals surface area contributed by atoms with Crippen molar-refractivity contribution in [1.82, 2.24) is 0 Å². The average Bonchev–Trinajstić information content (AvgIpc) is 2.60. The number of amides is 2. The molecule has 0 aliphatic heterocycles. The molecule has 8 heteroatoms. The number of hydrogen-bond acceptors (Lipinski definition) is 5. The summed E-state index contributed by atoms with van der Waals surface area (Å²) in [5.41, 5.74) is 0.992. The first-order chi connectivity index (χ1) is 12.4. The SMILES string of the molecule is COc1ccc(NC(C)=O)cc1NC(=O)COC(=O)c1ccccc1Cl. The molecule has 0 aromatic heterocycles. The summed E-state index contributed by atoms with van der Waals surface area (Å²) in [7, 11) is 1.44. The van der Waals surface area contributed by atoms with Crippen molar-refractivity contribution in [3.05, 3.63) is 53.1 Å². The van der Waals surface area contributed by atoms with Crippen molar-refractivity contribution in [3.8, 4) is 5.75 Å². The normalized spacial score (nSPS) is 9.96. The Kier molecular flexibility index (Phi) is 6.57. The molecule has 0 atom stereocenters. The van der Waals surface area contributed by atoms with Gasteiger partial charge >= 0.3 is 5.97 Å². The smallest absolute Gasteiger partial charge is 0.340 e. The second kappa shape index (κ2) is 8.87. The Hall–Kier alpha value is -3.06. The fourth-order valence-corrected chi connectivity index (χ4v) is 2.32. The van der Waals surface area contributed by atoms with Crippen molar-refractivity contribution in [2.45, 2.75) is 6.92 Å². The van der Waals surface area contributed by atoms with Crippen LogP contribution in [-0.4, -0.2) is 31.5 Å². The molecule has 0 fully saturated rings. The van der Waals surface area contributed by atoms with Crippen LogP contribution in [0.15, 0.2) is 42.5 Å². The number of ether oxygens (including phenoxy) is 2. The molecule has 0 saturated carbocycles. The predicted molar refractivity (Wildman–Crippen MR) is 97.7 cm³/mol. The monoisotopic (exact) mass is 376 g/mol. The zero-order chi connectivity index (χ0) is 19.1. The first-order valence-corrected chi connectivity index (χ1v) is 7.95. The van der Waals surface area contributed by atoms with Gasteiger partial charge in [0.1, 0.15) is 5.75 Å². The fourth-order valence-electron chi connectivity index (χ4n) is 2.11. The van der Waals surface area contributed by atoms with E-state index in [0.717, 1.165) is 0 Å². The fraction of sp³-hybridized carbons (Fsp3) is 0.167. The zero-order valence-electron chi connectivity index (χ0n) is 14.2. The number of nitrogens with one attached hydrogen (secondary N) is 2. The Bertz CT molecular complexity index is 838. The Labute approximate surface area is 155 Å². The molecule has 2 amide bonds. The van der Waals surface area contributed by atoms with E-state index in [1.165, 1.54) is 26.2 Å². The van der Waals surface area contributed by atoms with Crippen LogP contribution < -0.4 is 15.4 Å². The maximum absolute atomic E-state index is 12.1. The maximum atomic E-state index is 12.1. The maximum Gasteiger partial charge on any atom is 0.340 e. The molecule has 136 valence electrons. The molecule has 0 bridgehead atoms. The molecule has 0 spiro atoms. The molecule has 0 saturated heterocycles. The molecular weight excluding hydrogens is 360 g/mol. The summed E-state index contributed by atoms with van der Waals surface area (Å²) in [6.45, 7) is 0.869. The van der Waals surface area contributed by atoms with Crippen molar-refractivity contribution in [3.63, 3.8) is 0 Å². The van der Waals surface area contributed by atoms with Crippen molar-refractivity contribution in [2.24, 2.45) is 0 Å². The summed E-state index contributed by atoms with van der Waals surface area (Å²) >= 11 is 5.91. The van der Waals surface area contributed by atoms with E-state index in [4.69, 9.17) is 21.1 Å². The van der Waals surface area contributed by atoms with Gasteiger partial charge in [0, 0.05) is 12.6 Å². The molecule has 0 unspecified atom stereocenters. The van der Waals surface area contributed by atoms with Gasteiger partial charge in [-0.3, -0.25) is 9.59 Å². The van der Waals surface area contributed by atoms with Crippen LogP contribution in [0.25, 0.3) is 0 Å². The van der Waals surface area contributed by atoms with Gasteiger partial charge in [-0.15, -0.1) is 0 Å². The summed E-state index contributed by atoms with van der Waals surface area (Å²) in [4.78, 5) is 35.2. The highest BCUT2D eigenvalue weighted by Crippen LogP contribution is 2.27. The molecule has 0 aliphatic carbocycles. The van der Waals surface area contributed by atoms with Crippen molar-refractivity contribution in [1.29, 1.82) is 0 Å². The summed E-state index contributed by atoms with van der Waals surface area (Å²) in [5.74, 6) is -1.13. The van der Waals surface area contributed by atoms with E-state index in [9.17, 15) is 14.4 Å². The van der Waals surface area contributed by atoms with Crippen LogP contribution in [0.2, 0.25) is 5.02 Å². The van der Waals surface area contributed by atoms with Crippen LogP contribution in [0.4, 0.5) is 11.4 Å². The molecule has 2 rings (SSSR count). The number of hydrogen-bond donors (Lipinski definition) is 2. The lowest BCUT2D eigenvalue weighted by atomic mass is 10.2. The number of carbonyl (C=O) groups is 3. The van der Waals surface area contributed by atoms with Gasteiger partial charge in [0.25, 0.3) is 5.91 Å². The third-order valence-electron chi connectivity index (χ3n) is 3.22. The van der Waals surface area contributed by atoms with Gasteiger partial charge in [-0.1, -0.05) is 23.7 Å².